The molecule has 25 heteroatoms. The molecular formula is C70H129O24P. The summed E-state index contributed by atoms with van der Waals surface area (Å²) in [6.07, 6.45) is 10.1. The molecule has 2 heterocycles. The number of aliphatic hydroxyl groups is 10. The van der Waals surface area contributed by atoms with Gasteiger partial charge in [0.25, 0.3) is 0 Å². The van der Waals surface area contributed by atoms with Crippen molar-refractivity contribution in [1.82, 2.24) is 0 Å². The van der Waals surface area contributed by atoms with Crippen LogP contribution in [-0.2, 0) is 61.2 Å². The summed E-state index contributed by atoms with van der Waals surface area (Å²) in [7, 11) is -5.69. The zero-order valence-electron chi connectivity index (χ0n) is 58.0. The molecule has 1 saturated carbocycles. The van der Waals surface area contributed by atoms with E-state index in [-0.39, 0.29) is 19.3 Å². The van der Waals surface area contributed by atoms with Crippen LogP contribution in [-0.4, -0.2) is 204 Å². The van der Waals surface area contributed by atoms with E-state index < -0.39 is 156 Å². The fourth-order valence-corrected chi connectivity index (χ4v) is 13.2. The molecule has 3 fully saturated rings. The minimum atomic E-state index is -5.69. The van der Waals surface area contributed by atoms with Crippen LogP contribution in [0.2, 0.25) is 0 Å². The zero-order valence-corrected chi connectivity index (χ0v) is 58.9. The fraction of sp³-hybridized carbons (Fsp3) is 0.929. The van der Waals surface area contributed by atoms with E-state index in [1.54, 1.807) is 0 Å². The molecule has 3 rings (SSSR count). The lowest BCUT2D eigenvalue weighted by molar-refractivity contribution is -0.360. The summed E-state index contributed by atoms with van der Waals surface area (Å²) in [5.74, 6) is -1.99. The SMILES string of the molecule is CCCCCC/C=C\CCCCCCCCCC(=O)OCC1OC(OC2C(O)C(O)C(O)C(OC3OC(CO)C(O)C(O)C3O)C2OP(=O)(O)OCC(COC(=O)CCCCCCCCCCCCCCCC)OC(=O)CCCCCCCCCCCCC)C(O)C(O)C1O. The van der Waals surface area contributed by atoms with E-state index in [4.69, 9.17) is 42.2 Å². The molecule has 0 bridgehead atoms. The van der Waals surface area contributed by atoms with Gasteiger partial charge in [0.05, 0.1) is 13.2 Å². The van der Waals surface area contributed by atoms with Crippen molar-refractivity contribution >= 4 is 25.7 Å². The van der Waals surface area contributed by atoms with Crippen LogP contribution >= 0.6 is 7.82 Å². The third kappa shape index (κ3) is 36.2. The summed E-state index contributed by atoms with van der Waals surface area (Å²) in [6.45, 7) is 3.42. The number of hydrogen-bond donors (Lipinski definition) is 11. The maximum atomic E-state index is 14.3. The third-order valence-corrected chi connectivity index (χ3v) is 19.3. The van der Waals surface area contributed by atoms with E-state index in [1.807, 2.05) is 0 Å². The van der Waals surface area contributed by atoms with Gasteiger partial charge in [-0.05, 0) is 44.9 Å². The number of phosphoric ester groups is 1. The van der Waals surface area contributed by atoms with Crippen LogP contribution in [0.1, 0.15) is 284 Å². The molecule has 2 aliphatic heterocycles. The molecule has 18 atom stereocenters. The van der Waals surface area contributed by atoms with Gasteiger partial charge < -0.3 is 89.1 Å². The predicted molar refractivity (Wildman–Crippen MR) is 356 cm³/mol. The van der Waals surface area contributed by atoms with E-state index in [9.17, 15) is 74.9 Å². The van der Waals surface area contributed by atoms with Crippen molar-refractivity contribution < 1.29 is 117 Å². The quantitative estimate of drug-likeness (QED) is 0.00887. The van der Waals surface area contributed by atoms with Crippen LogP contribution in [0.3, 0.4) is 0 Å². The number of carbonyl (C=O) groups is 3. The molecule has 0 amide bonds. The highest BCUT2D eigenvalue weighted by atomic mass is 31.2. The van der Waals surface area contributed by atoms with Crippen molar-refractivity contribution in [2.24, 2.45) is 0 Å². The van der Waals surface area contributed by atoms with Gasteiger partial charge in [0.2, 0.25) is 0 Å². The van der Waals surface area contributed by atoms with Gasteiger partial charge in [-0.3, -0.25) is 23.4 Å². The average Bonchev–Trinajstić information content (AvgIpc) is 0.764. The molecule has 1 aliphatic carbocycles. The largest absolute Gasteiger partial charge is 0.472 e. The van der Waals surface area contributed by atoms with Gasteiger partial charge in [-0.15, -0.1) is 0 Å². The molecule has 558 valence electrons. The second-order valence-corrected chi connectivity index (χ2v) is 28.1. The van der Waals surface area contributed by atoms with Crippen molar-refractivity contribution in [1.29, 1.82) is 0 Å². The molecule has 2 saturated heterocycles. The van der Waals surface area contributed by atoms with Crippen LogP contribution in [0.15, 0.2) is 12.2 Å². The molecule has 95 heavy (non-hydrogen) atoms. The molecule has 18 unspecified atom stereocenters. The molecule has 0 aromatic heterocycles. The Kier molecular flexibility index (Phi) is 48.2. The first-order valence-corrected chi connectivity index (χ1v) is 38.5. The minimum absolute atomic E-state index is 0.0247. The molecule has 0 aromatic rings. The van der Waals surface area contributed by atoms with Crippen LogP contribution in [0.4, 0.5) is 0 Å². The summed E-state index contributed by atoms with van der Waals surface area (Å²) < 4.78 is 64.9. The van der Waals surface area contributed by atoms with Gasteiger partial charge in [0.15, 0.2) is 18.7 Å². The number of rotatable bonds is 57. The maximum absolute atomic E-state index is 14.3. The predicted octanol–water partition coefficient (Wildman–Crippen LogP) is 9.57. The summed E-state index contributed by atoms with van der Waals surface area (Å²) in [6, 6.07) is 0. The smallest absolute Gasteiger partial charge is 0.463 e. The minimum Gasteiger partial charge on any atom is -0.463 e. The second-order valence-electron chi connectivity index (χ2n) is 26.7. The van der Waals surface area contributed by atoms with Crippen LogP contribution in [0, 0.1) is 0 Å². The van der Waals surface area contributed by atoms with Gasteiger partial charge in [-0.25, -0.2) is 4.57 Å². The number of phosphoric acid groups is 1. The second kappa shape index (κ2) is 52.6. The number of hydrogen-bond acceptors (Lipinski definition) is 23. The maximum Gasteiger partial charge on any atom is 0.472 e. The lowest BCUT2D eigenvalue weighted by atomic mass is 9.84. The monoisotopic (exact) mass is 1380 g/mol. The molecule has 24 nitrogen and oxygen atoms in total. The van der Waals surface area contributed by atoms with Crippen molar-refractivity contribution in [3.05, 3.63) is 12.2 Å². The molecule has 0 aromatic carbocycles. The number of allylic oxidation sites excluding steroid dienone is 2. The summed E-state index contributed by atoms with van der Waals surface area (Å²) in [5, 5.41) is 110. The number of carbonyl (C=O) groups excluding carboxylic acids is 3. The Morgan fingerprint density at radius 3 is 1.15 bits per heavy atom. The molecule has 0 radical (unpaired) electrons. The normalized spacial score (nSPS) is 28.1. The standard InChI is InChI=1S/C70H129O24P/c1-4-7-10-13-16-19-22-24-26-28-31-33-36-39-42-45-55(73)87-50-53-58(76)60(78)65(83)70(91-53)93-67-63(81)61(79)62(80)66(92-69-64(82)59(77)57(75)52(47-71)90-69)68(67)94-95(84,85)88-49-51(89-56(74)46-43-40-37-34-29-21-18-15-12-9-6-3)48-86-54(72)44-41-38-35-32-30-27-25-23-20-17-14-11-8-5-2/h19,22,51-53,57-71,75-83H,4-18,20-21,23-50H2,1-3H3,(H,84,85)/b22-19-. The molecule has 3 aliphatic rings. The van der Waals surface area contributed by atoms with Crippen molar-refractivity contribution in [3.63, 3.8) is 0 Å². The first-order chi connectivity index (χ1) is 45.8. The van der Waals surface area contributed by atoms with E-state index in [0.717, 1.165) is 109 Å². The Bertz CT molecular complexity index is 2020. The van der Waals surface area contributed by atoms with E-state index in [1.165, 1.54) is 116 Å². The average molecular weight is 1390 g/mol. The van der Waals surface area contributed by atoms with E-state index >= 15 is 0 Å². The van der Waals surface area contributed by atoms with Gasteiger partial charge in [0, 0.05) is 19.3 Å². The topological polar surface area (TPSA) is 374 Å². The highest BCUT2D eigenvalue weighted by Gasteiger charge is 2.58. The van der Waals surface area contributed by atoms with Crippen molar-refractivity contribution in [3.8, 4) is 0 Å². The van der Waals surface area contributed by atoms with Gasteiger partial charge >= 0.3 is 25.7 Å². The number of aliphatic hydroxyl groups excluding tert-OH is 10. The molecular weight excluding hydrogens is 1260 g/mol. The van der Waals surface area contributed by atoms with Gasteiger partial charge in [-0.2, -0.15) is 0 Å². The van der Waals surface area contributed by atoms with Gasteiger partial charge in [-0.1, -0.05) is 232 Å². The van der Waals surface area contributed by atoms with Crippen LogP contribution < -0.4 is 0 Å². The Morgan fingerprint density at radius 1 is 0.400 bits per heavy atom. The van der Waals surface area contributed by atoms with Gasteiger partial charge in [0.1, 0.15) is 98.7 Å². The first-order valence-electron chi connectivity index (χ1n) is 37.0. The van der Waals surface area contributed by atoms with Crippen LogP contribution in [0.25, 0.3) is 0 Å². The number of esters is 3. The van der Waals surface area contributed by atoms with E-state index in [2.05, 4.69) is 32.9 Å². The molecule has 11 N–H and O–H groups in total. The Balaban J connectivity index is 1.73. The highest BCUT2D eigenvalue weighted by molar-refractivity contribution is 7.47. The number of unbranched alkanes of at least 4 members (excludes halogenated alkanes) is 34. The summed E-state index contributed by atoms with van der Waals surface area (Å²) in [5.41, 5.74) is 0. The number of ether oxygens (including phenoxy) is 7. The summed E-state index contributed by atoms with van der Waals surface area (Å²) in [4.78, 5) is 50.9. The lowest BCUT2D eigenvalue weighted by Gasteiger charge is -2.49. The molecule has 0 spiro atoms. The first kappa shape index (κ1) is 86.9. The third-order valence-electron chi connectivity index (χ3n) is 18.3. The Hall–Kier alpha value is -2.30. The lowest BCUT2D eigenvalue weighted by Crippen LogP contribution is -2.69. The van der Waals surface area contributed by atoms with Crippen molar-refractivity contribution in [2.45, 2.75) is 388 Å². The van der Waals surface area contributed by atoms with Crippen LogP contribution in [0.5, 0.6) is 0 Å². The highest BCUT2D eigenvalue weighted by Crippen LogP contribution is 2.49. The Morgan fingerprint density at radius 2 is 0.737 bits per heavy atom. The van der Waals surface area contributed by atoms with E-state index in [0.29, 0.717) is 19.3 Å². The Labute approximate surface area is 567 Å². The summed E-state index contributed by atoms with van der Waals surface area (Å²) >= 11 is 0. The van der Waals surface area contributed by atoms with Crippen molar-refractivity contribution in [2.75, 3.05) is 26.4 Å². The zero-order chi connectivity index (χ0) is 69.6. The fourth-order valence-electron chi connectivity index (χ4n) is 12.2.